The minimum atomic E-state index is -0.0385. The Morgan fingerprint density at radius 3 is 2.67 bits per heavy atom. The maximum Gasteiger partial charge on any atom is 0.194 e. The Hall–Kier alpha value is -2.63. The molecule has 27 heavy (non-hydrogen) atoms. The number of aromatic nitrogens is 3. The molecular weight excluding hydrogens is 378 g/mol. The predicted molar refractivity (Wildman–Crippen MR) is 109 cm³/mol. The standard InChI is InChI=1S/C21H16ClN3OS/c1-14-6-8-15(9-7-14)21(26)17-12-16(22)10-11-20(17)27-13-25-19-5-3-2-4-18(19)23-24-25/h2-12H,13H2,1H3. The number of halogens is 1. The molecule has 0 aliphatic carbocycles. The minimum absolute atomic E-state index is 0.0385. The van der Waals surface area contributed by atoms with E-state index in [1.54, 1.807) is 12.1 Å². The first-order valence-electron chi connectivity index (χ1n) is 8.44. The maximum absolute atomic E-state index is 13.0. The summed E-state index contributed by atoms with van der Waals surface area (Å²) in [7, 11) is 0. The first-order chi connectivity index (χ1) is 13.1. The zero-order valence-corrected chi connectivity index (χ0v) is 16.2. The molecule has 4 nitrogen and oxygen atoms in total. The van der Waals surface area contributed by atoms with Crippen LogP contribution in [0.3, 0.4) is 0 Å². The van der Waals surface area contributed by atoms with E-state index in [1.807, 2.05) is 66.2 Å². The summed E-state index contributed by atoms with van der Waals surface area (Å²) in [6.45, 7) is 2.00. The first kappa shape index (κ1) is 17.8. The highest BCUT2D eigenvalue weighted by molar-refractivity contribution is 7.98. The van der Waals surface area contributed by atoms with Gasteiger partial charge >= 0.3 is 0 Å². The van der Waals surface area contributed by atoms with E-state index in [2.05, 4.69) is 10.3 Å². The van der Waals surface area contributed by atoms with Gasteiger partial charge in [-0.3, -0.25) is 4.79 Å². The van der Waals surface area contributed by atoms with Crippen molar-refractivity contribution in [2.45, 2.75) is 17.7 Å². The Balaban J connectivity index is 1.63. The first-order valence-corrected chi connectivity index (χ1v) is 9.80. The highest BCUT2D eigenvalue weighted by Crippen LogP contribution is 2.29. The SMILES string of the molecule is Cc1ccc(C(=O)c2cc(Cl)ccc2SCn2nnc3ccccc32)cc1. The summed E-state index contributed by atoms with van der Waals surface area (Å²) in [6.07, 6.45) is 0. The fourth-order valence-electron chi connectivity index (χ4n) is 2.81. The molecule has 1 heterocycles. The number of aryl methyl sites for hydroxylation is 1. The summed E-state index contributed by atoms with van der Waals surface area (Å²) >= 11 is 7.70. The average Bonchev–Trinajstić information content (AvgIpc) is 3.10. The van der Waals surface area contributed by atoms with Crippen molar-refractivity contribution >= 4 is 40.2 Å². The fraction of sp³-hybridized carbons (Fsp3) is 0.0952. The minimum Gasteiger partial charge on any atom is -0.289 e. The van der Waals surface area contributed by atoms with Crippen LogP contribution < -0.4 is 0 Å². The Morgan fingerprint density at radius 2 is 1.85 bits per heavy atom. The molecule has 0 spiro atoms. The lowest BCUT2D eigenvalue weighted by molar-refractivity contribution is 0.103. The van der Waals surface area contributed by atoms with Crippen molar-refractivity contribution in [2.75, 3.05) is 0 Å². The smallest absolute Gasteiger partial charge is 0.194 e. The maximum atomic E-state index is 13.0. The quantitative estimate of drug-likeness (QED) is 0.337. The van der Waals surface area contributed by atoms with Gasteiger partial charge < -0.3 is 0 Å². The van der Waals surface area contributed by atoms with Crippen molar-refractivity contribution in [3.8, 4) is 0 Å². The van der Waals surface area contributed by atoms with Crippen LogP contribution in [0.2, 0.25) is 5.02 Å². The van der Waals surface area contributed by atoms with Crippen molar-refractivity contribution in [1.82, 2.24) is 15.0 Å². The molecule has 0 aliphatic heterocycles. The predicted octanol–water partition coefficient (Wildman–Crippen LogP) is 5.37. The molecule has 0 atom stereocenters. The van der Waals surface area contributed by atoms with Gasteiger partial charge in [-0.1, -0.05) is 58.8 Å². The van der Waals surface area contributed by atoms with Gasteiger partial charge in [-0.05, 0) is 37.3 Å². The number of thioether (sulfide) groups is 1. The van der Waals surface area contributed by atoms with Gasteiger partial charge in [-0.25, -0.2) is 4.68 Å². The summed E-state index contributed by atoms with van der Waals surface area (Å²) in [5.41, 5.74) is 4.18. The van der Waals surface area contributed by atoms with Gasteiger partial charge in [0.2, 0.25) is 0 Å². The molecule has 6 heteroatoms. The number of fused-ring (bicyclic) bond motifs is 1. The van der Waals surface area contributed by atoms with Crippen LogP contribution in [0.4, 0.5) is 0 Å². The Kier molecular flexibility index (Phi) is 4.97. The second-order valence-corrected chi connectivity index (χ2v) is 7.61. The van der Waals surface area contributed by atoms with E-state index in [0.717, 1.165) is 21.5 Å². The molecule has 0 radical (unpaired) electrons. The van der Waals surface area contributed by atoms with Gasteiger partial charge in [0.05, 0.1) is 11.4 Å². The Morgan fingerprint density at radius 1 is 1.07 bits per heavy atom. The van der Waals surface area contributed by atoms with Gasteiger partial charge in [-0.2, -0.15) is 0 Å². The second kappa shape index (κ2) is 7.55. The lowest BCUT2D eigenvalue weighted by atomic mass is 10.0. The van der Waals surface area contributed by atoms with E-state index in [-0.39, 0.29) is 5.78 Å². The number of ketones is 1. The summed E-state index contributed by atoms with van der Waals surface area (Å²) in [5, 5.41) is 8.92. The molecule has 0 saturated carbocycles. The van der Waals surface area contributed by atoms with Gasteiger partial charge in [-0.15, -0.1) is 16.9 Å². The molecule has 0 aliphatic rings. The van der Waals surface area contributed by atoms with E-state index in [4.69, 9.17) is 11.6 Å². The summed E-state index contributed by atoms with van der Waals surface area (Å²) < 4.78 is 1.83. The average molecular weight is 394 g/mol. The molecule has 4 aromatic rings. The molecule has 0 saturated heterocycles. The summed E-state index contributed by atoms with van der Waals surface area (Å²) in [6, 6.07) is 20.8. The van der Waals surface area contributed by atoms with Crippen molar-refractivity contribution in [2.24, 2.45) is 0 Å². The van der Waals surface area contributed by atoms with E-state index in [0.29, 0.717) is 22.0 Å². The fourth-order valence-corrected chi connectivity index (χ4v) is 3.90. The van der Waals surface area contributed by atoms with Crippen LogP contribution in [0.25, 0.3) is 11.0 Å². The Bertz CT molecular complexity index is 1120. The van der Waals surface area contributed by atoms with Gasteiger partial charge in [0, 0.05) is 21.0 Å². The second-order valence-electron chi connectivity index (χ2n) is 6.19. The molecule has 0 amide bonds. The highest BCUT2D eigenvalue weighted by atomic mass is 35.5. The number of benzene rings is 3. The molecule has 134 valence electrons. The van der Waals surface area contributed by atoms with Crippen LogP contribution in [0, 0.1) is 6.92 Å². The number of para-hydroxylation sites is 1. The van der Waals surface area contributed by atoms with Crippen LogP contribution in [-0.2, 0) is 5.88 Å². The van der Waals surface area contributed by atoms with Crippen molar-refractivity contribution in [3.63, 3.8) is 0 Å². The van der Waals surface area contributed by atoms with Crippen LogP contribution in [-0.4, -0.2) is 20.8 Å². The van der Waals surface area contributed by atoms with Gasteiger partial charge in [0.25, 0.3) is 0 Å². The van der Waals surface area contributed by atoms with Crippen LogP contribution in [0.5, 0.6) is 0 Å². The molecular formula is C21H16ClN3OS. The van der Waals surface area contributed by atoms with Crippen molar-refractivity contribution in [1.29, 1.82) is 0 Å². The number of carbonyl (C=O) groups excluding carboxylic acids is 1. The summed E-state index contributed by atoms with van der Waals surface area (Å²) in [5.74, 6) is 0.513. The molecule has 0 bridgehead atoms. The molecule has 0 unspecified atom stereocenters. The Labute approximate surface area is 166 Å². The van der Waals surface area contributed by atoms with E-state index >= 15 is 0 Å². The van der Waals surface area contributed by atoms with Crippen LogP contribution in [0.15, 0.2) is 71.6 Å². The number of hydrogen-bond donors (Lipinski definition) is 0. The third-order valence-corrected chi connectivity index (χ3v) is 5.54. The van der Waals surface area contributed by atoms with Crippen molar-refractivity contribution in [3.05, 3.63) is 88.4 Å². The topological polar surface area (TPSA) is 47.8 Å². The number of carbonyl (C=O) groups is 1. The van der Waals surface area contributed by atoms with Crippen LogP contribution in [0.1, 0.15) is 21.5 Å². The van der Waals surface area contributed by atoms with Crippen LogP contribution >= 0.6 is 23.4 Å². The highest BCUT2D eigenvalue weighted by Gasteiger charge is 2.15. The number of hydrogen-bond acceptors (Lipinski definition) is 4. The molecule has 4 rings (SSSR count). The van der Waals surface area contributed by atoms with Gasteiger partial charge in [0.1, 0.15) is 5.52 Å². The molecule has 1 aromatic heterocycles. The molecule has 3 aromatic carbocycles. The number of rotatable bonds is 5. The molecule has 0 N–H and O–H groups in total. The monoisotopic (exact) mass is 393 g/mol. The molecule has 0 fully saturated rings. The third-order valence-electron chi connectivity index (χ3n) is 4.26. The van der Waals surface area contributed by atoms with E-state index in [9.17, 15) is 4.79 Å². The lowest BCUT2D eigenvalue weighted by Gasteiger charge is -2.10. The van der Waals surface area contributed by atoms with E-state index in [1.165, 1.54) is 11.8 Å². The summed E-state index contributed by atoms with van der Waals surface area (Å²) in [4.78, 5) is 13.9. The lowest BCUT2D eigenvalue weighted by Crippen LogP contribution is -2.04. The van der Waals surface area contributed by atoms with Gasteiger partial charge in [0.15, 0.2) is 5.78 Å². The van der Waals surface area contributed by atoms with E-state index < -0.39 is 0 Å². The largest absolute Gasteiger partial charge is 0.289 e. The zero-order valence-electron chi connectivity index (χ0n) is 14.6. The zero-order chi connectivity index (χ0) is 18.8. The van der Waals surface area contributed by atoms with Crippen molar-refractivity contribution < 1.29 is 4.79 Å². The normalized spacial score (nSPS) is 11.0. The third kappa shape index (κ3) is 3.75. The number of nitrogens with zero attached hydrogens (tertiary/aromatic N) is 3.